The van der Waals surface area contributed by atoms with Crippen LogP contribution in [0.2, 0.25) is 0 Å². The van der Waals surface area contributed by atoms with E-state index < -0.39 is 0 Å². The second-order valence-corrected chi connectivity index (χ2v) is 7.31. The van der Waals surface area contributed by atoms with E-state index in [2.05, 4.69) is 44.8 Å². The van der Waals surface area contributed by atoms with Crippen LogP contribution in [0, 0.1) is 11.3 Å². The summed E-state index contributed by atoms with van der Waals surface area (Å²) in [5.41, 5.74) is 0.366. The smallest absolute Gasteiger partial charge is 0.217 e. The lowest BCUT2D eigenvalue weighted by Gasteiger charge is -2.42. The van der Waals surface area contributed by atoms with Crippen molar-refractivity contribution in [3.05, 3.63) is 0 Å². The predicted molar refractivity (Wildman–Crippen MR) is 76.5 cm³/mol. The van der Waals surface area contributed by atoms with E-state index in [1.165, 1.54) is 13.0 Å². The molecule has 0 spiro atoms. The van der Waals surface area contributed by atoms with Gasteiger partial charge in [-0.25, -0.2) is 0 Å². The Morgan fingerprint density at radius 1 is 1.33 bits per heavy atom. The molecular weight excluding hydrogens is 224 g/mol. The molecule has 1 N–H and O–H groups in total. The van der Waals surface area contributed by atoms with Crippen LogP contribution in [-0.4, -0.2) is 36.0 Å². The number of carbonyl (C=O) groups excluding carboxylic acids is 1. The molecule has 0 aliphatic carbocycles. The highest BCUT2D eigenvalue weighted by molar-refractivity contribution is 5.73. The molecule has 0 aromatic rings. The van der Waals surface area contributed by atoms with Gasteiger partial charge in [-0.3, -0.25) is 9.69 Å². The second kappa shape index (κ2) is 6.05. The van der Waals surface area contributed by atoms with E-state index in [1.807, 2.05) is 0 Å². The number of nitrogens with one attached hydrogen (secondary N) is 1. The van der Waals surface area contributed by atoms with Gasteiger partial charge in [0.05, 0.1) is 0 Å². The second-order valence-electron chi connectivity index (χ2n) is 7.31. The van der Waals surface area contributed by atoms with Gasteiger partial charge in [0, 0.05) is 32.1 Å². The van der Waals surface area contributed by atoms with Crippen molar-refractivity contribution in [1.82, 2.24) is 10.2 Å². The molecule has 1 aliphatic heterocycles. The molecule has 0 bridgehead atoms. The zero-order valence-corrected chi connectivity index (χ0v) is 12.9. The van der Waals surface area contributed by atoms with Gasteiger partial charge in [0.15, 0.2) is 0 Å². The van der Waals surface area contributed by atoms with Crippen LogP contribution >= 0.6 is 0 Å². The molecule has 0 aromatic heterocycles. The Morgan fingerprint density at radius 3 is 2.39 bits per heavy atom. The first kappa shape index (κ1) is 15.5. The van der Waals surface area contributed by atoms with Crippen molar-refractivity contribution in [2.24, 2.45) is 11.3 Å². The molecule has 18 heavy (non-hydrogen) atoms. The highest BCUT2D eigenvalue weighted by Crippen LogP contribution is 2.30. The van der Waals surface area contributed by atoms with Crippen molar-refractivity contribution in [1.29, 1.82) is 0 Å². The first-order valence-corrected chi connectivity index (χ1v) is 7.18. The number of likely N-dealkylation sites (tertiary alicyclic amines) is 1. The van der Waals surface area contributed by atoms with Gasteiger partial charge < -0.3 is 5.32 Å². The summed E-state index contributed by atoms with van der Waals surface area (Å²) in [6.45, 7) is 15.2. The summed E-state index contributed by atoms with van der Waals surface area (Å²) in [7, 11) is 0. The first-order valence-electron chi connectivity index (χ1n) is 7.18. The number of piperidine rings is 1. The first-order chi connectivity index (χ1) is 8.17. The number of hydrogen-bond donors (Lipinski definition) is 1. The Balaban J connectivity index is 2.65. The molecule has 1 rings (SSSR count). The van der Waals surface area contributed by atoms with E-state index in [-0.39, 0.29) is 5.91 Å². The van der Waals surface area contributed by atoms with E-state index >= 15 is 0 Å². The molecular formula is C15H30N2O. The Hall–Kier alpha value is -0.570. The van der Waals surface area contributed by atoms with Crippen LogP contribution in [0.1, 0.15) is 54.4 Å². The van der Waals surface area contributed by atoms with Crippen molar-refractivity contribution in [3.8, 4) is 0 Å². The van der Waals surface area contributed by atoms with E-state index in [0.717, 1.165) is 13.0 Å². The van der Waals surface area contributed by atoms with Gasteiger partial charge in [0.25, 0.3) is 0 Å². The van der Waals surface area contributed by atoms with E-state index in [0.29, 0.717) is 23.4 Å². The number of carbonyl (C=O) groups is 1. The highest BCUT2D eigenvalue weighted by atomic mass is 16.1. The van der Waals surface area contributed by atoms with Crippen molar-refractivity contribution in [3.63, 3.8) is 0 Å². The molecule has 1 saturated heterocycles. The maximum atomic E-state index is 11.3. The quantitative estimate of drug-likeness (QED) is 0.840. The van der Waals surface area contributed by atoms with Gasteiger partial charge in [-0.2, -0.15) is 0 Å². The molecule has 1 aliphatic rings. The van der Waals surface area contributed by atoms with Crippen LogP contribution in [0.4, 0.5) is 0 Å². The topological polar surface area (TPSA) is 32.3 Å². The fourth-order valence-electron chi connectivity index (χ4n) is 3.07. The molecule has 0 aromatic carbocycles. The third-order valence-electron chi connectivity index (χ3n) is 3.60. The minimum absolute atomic E-state index is 0.0973. The van der Waals surface area contributed by atoms with Gasteiger partial charge in [-0.15, -0.1) is 0 Å². The maximum Gasteiger partial charge on any atom is 0.217 e. The molecule has 3 heteroatoms. The summed E-state index contributed by atoms with van der Waals surface area (Å²) in [6.07, 6.45) is 2.35. The summed E-state index contributed by atoms with van der Waals surface area (Å²) in [6, 6.07) is 0.884. The SMILES string of the molecule is CC(=O)NC1CC(CC(C)(C)C)CN(C(C)C)C1. The third-order valence-corrected chi connectivity index (χ3v) is 3.60. The minimum atomic E-state index is 0.0973. The Morgan fingerprint density at radius 2 is 1.94 bits per heavy atom. The summed E-state index contributed by atoms with van der Waals surface area (Å²) in [4.78, 5) is 13.8. The van der Waals surface area contributed by atoms with Crippen LogP contribution in [0.3, 0.4) is 0 Å². The average molecular weight is 254 g/mol. The summed E-state index contributed by atoms with van der Waals surface area (Å²) >= 11 is 0. The van der Waals surface area contributed by atoms with Crippen LogP contribution in [0.25, 0.3) is 0 Å². The van der Waals surface area contributed by atoms with Gasteiger partial charge in [0.1, 0.15) is 0 Å². The van der Waals surface area contributed by atoms with Crippen LogP contribution in [-0.2, 0) is 4.79 Å². The van der Waals surface area contributed by atoms with Crippen molar-refractivity contribution in [2.75, 3.05) is 13.1 Å². The Kier molecular flexibility index (Phi) is 5.20. The number of nitrogens with zero attached hydrogens (tertiary/aromatic N) is 1. The normalized spacial score (nSPS) is 26.4. The van der Waals surface area contributed by atoms with Gasteiger partial charge in [0.2, 0.25) is 5.91 Å². The fraction of sp³-hybridized carbons (Fsp3) is 0.933. The Bertz CT molecular complexity index is 281. The average Bonchev–Trinajstić information content (AvgIpc) is 2.12. The van der Waals surface area contributed by atoms with Crippen LogP contribution in [0.15, 0.2) is 0 Å². The zero-order chi connectivity index (χ0) is 13.9. The van der Waals surface area contributed by atoms with Gasteiger partial charge in [-0.1, -0.05) is 20.8 Å². The summed E-state index contributed by atoms with van der Waals surface area (Å²) in [5.74, 6) is 0.790. The summed E-state index contributed by atoms with van der Waals surface area (Å²) in [5, 5.41) is 3.10. The lowest BCUT2D eigenvalue weighted by Crippen LogP contribution is -2.52. The minimum Gasteiger partial charge on any atom is -0.352 e. The third kappa shape index (κ3) is 5.38. The largest absolute Gasteiger partial charge is 0.352 e. The molecule has 2 unspecified atom stereocenters. The maximum absolute atomic E-state index is 11.3. The molecule has 1 fully saturated rings. The standard InChI is InChI=1S/C15H30N2O/c1-11(2)17-9-13(8-15(4,5)6)7-14(10-17)16-12(3)18/h11,13-14H,7-10H2,1-6H3,(H,16,18). The molecule has 2 atom stereocenters. The molecule has 0 radical (unpaired) electrons. The predicted octanol–water partition coefficient (Wildman–Crippen LogP) is 2.66. The van der Waals surface area contributed by atoms with E-state index in [1.54, 1.807) is 6.92 Å². The molecule has 1 heterocycles. The van der Waals surface area contributed by atoms with Crippen molar-refractivity contribution >= 4 is 5.91 Å². The van der Waals surface area contributed by atoms with Crippen molar-refractivity contribution in [2.45, 2.75) is 66.5 Å². The number of amides is 1. The number of rotatable bonds is 3. The van der Waals surface area contributed by atoms with Crippen molar-refractivity contribution < 1.29 is 4.79 Å². The Labute approximate surface area is 112 Å². The highest BCUT2D eigenvalue weighted by Gasteiger charge is 2.31. The fourth-order valence-corrected chi connectivity index (χ4v) is 3.07. The molecule has 1 amide bonds. The molecule has 3 nitrogen and oxygen atoms in total. The van der Waals surface area contributed by atoms with E-state index in [4.69, 9.17) is 0 Å². The molecule has 0 saturated carbocycles. The van der Waals surface area contributed by atoms with Gasteiger partial charge >= 0.3 is 0 Å². The number of hydrogen-bond acceptors (Lipinski definition) is 2. The van der Waals surface area contributed by atoms with Crippen LogP contribution < -0.4 is 5.32 Å². The lowest BCUT2D eigenvalue weighted by atomic mass is 9.80. The zero-order valence-electron chi connectivity index (χ0n) is 12.9. The monoisotopic (exact) mass is 254 g/mol. The summed E-state index contributed by atoms with van der Waals surface area (Å²) < 4.78 is 0. The van der Waals surface area contributed by atoms with E-state index in [9.17, 15) is 4.79 Å². The van der Waals surface area contributed by atoms with Gasteiger partial charge in [-0.05, 0) is 38.0 Å². The lowest BCUT2D eigenvalue weighted by molar-refractivity contribution is -0.120. The van der Waals surface area contributed by atoms with Crippen LogP contribution in [0.5, 0.6) is 0 Å². The molecule has 106 valence electrons.